The van der Waals surface area contributed by atoms with Crippen LogP contribution in [0, 0.1) is 5.82 Å². The lowest BCUT2D eigenvalue weighted by Crippen LogP contribution is -2.41. The summed E-state index contributed by atoms with van der Waals surface area (Å²) in [5.74, 6) is -1.01. The number of benzene rings is 1. The molecule has 0 amide bonds. The van der Waals surface area contributed by atoms with Crippen molar-refractivity contribution in [2.75, 3.05) is 11.5 Å². The van der Waals surface area contributed by atoms with Crippen LogP contribution < -0.4 is 17.0 Å². The number of nitrogen functional groups attached to an aromatic ring is 1. The molecule has 3 rings (SSSR count). The number of nitrogens with two attached hydrogens (primary N) is 1. The normalized spacial score (nSPS) is 10.9. The minimum atomic E-state index is -0.715. The maximum atomic E-state index is 13.0. The van der Waals surface area contributed by atoms with Crippen molar-refractivity contribution in [1.29, 1.82) is 0 Å². The van der Waals surface area contributed by atoms with Gasteiger partial charge in [-0.1, -0.05) is 11.8 Å². The Bertz CT molecular complexity index is 1130. The average Bonchev–Trinajstić information content (AvgIpc) is 3.13. The second-order valence-electron chi connectivity index (χ2n) is 5.68. The number of carbonyl (C=O) groups is 1. The first kappa shape index (κ1) is 19.1. The fourth-order valence-electron chi connectivity index (χ4n) is 2.40. The van der Waals surface area contributed by atoms with Crippen LogP contribution in [0.15, 0.2) is 43.6 Å². The van der Waals surface area contributed by atoms with Crippen LogP contribution in [-0.4, -0.2) is 25.7 Å². The van der Waals surface area contributed by atoms with Gasteiger partial charge in [0, 0.05) is 25.0 Å². The highest BCUT2D eigenvalue weighted by molar-refractivity contribution is 8.01. The second-order valence-corrected chi connectivity index (χ2v) is 7.76. The van der Waals surface area contributed by atoms with E-state index in [-0.39, 0.29) is 23.0 Å². The minimum Gasteiger partial charge on any atom is -0.384 e. The van der Waals surface area contributed by atoms with E-state index in [1.807, 2.05) is 0 Å². The molecule has 0 saturated heterocycles. The highest BCUT2D eigenvalue weighted by Gasteiger charge is 2.20. The van der Waals surface area contributed by atoms with Gasteiger partial charge in [0.1, 0.15) is 17.2 Å². The van der Waals surface area contributed by atoms with Gasteiger partial charge in [-0.2, -0.15) is 0 Å². The highest BCUT2D eigenvalue weighted by atomic mass is 32.2. The smallest absolute Gasteiger partial charge is 0.332 e. The zero-order valence-electron chi connectivity index (χ0n) is 14.4. The van der Waals surface area contributed by atoms with Gasteiger partial charge in [0.25, 0.3) is 5.56 Å². The van der Waals surface area contributed by atoms with Crippen LogP contribution in [0.25, 0.3) is 11.3 Å². The first-order chi connectivity index (χ1) is 12.8. The summed E-state index contributed by atoms with van der Waals surface area (Å²) in [6, 6.07) is 5.95. The standard InChI is InChI=1S/C17H15FN4O3S2/c1-21-14(19)13(15(24)22(2)17(21)25)12(23)8-27-16-20-11(7-26-16)9-3-5-10(18)6-4-9/h3-7H,8,19H2,1-2H3. The lowest BCUT2D eigenvalue weighted by molar-refractivity contribution is 0.102. The fraction of sp³-hybridized carbons (Fsp3) is 0.176. The minimum absolute atomic E-state index is 0.0476. The molecule has 140 valence electrons. The van der Waals surface area contributed by atoms with Gasteiger partial charge >= 0.3 is 5.69 Å². The van der Waals surface area contributed by atoms with E-state index >= 15 is 0 Å². The monoisotopic (exact) mass is 406 g/mol. The summed E-state index contributed by atoms with van der Waals surface area (Å²) in [5, 5.41) is 1.81. The number of hydrogen-bond acceptors (Lipinski definition) is 7. The predicted molar refractivity (Wildman–Crippen MR) is 104 cm³/mol. The summed E-state index contributed by atoms with van der Waals surface area (Å²) >= 11 is 2.51. The summed E-state index contributed by atoms with van der Waals surface area (Å²) in [6.45, 7) is 0. The number of rotatable bonds is 5. The molecular formula is C17H15FN4O3S2. The van der Waals surface area contributed by atoms with E-state index in [0.29, 0.717) is 10.0 Å². The Hall–Kier alpha value is -2.72. The molecule has 0 atom stereocenters. The lowest BCUT2D eigenvalue weighted by Gasteiger charge is -2.10. The average molecular weight is 406 g/mol. The van der Waals surface area contributed by atoms with E-state index in [2.05, 4.69) is 4.98 Å². The molecule has 2 aromatic heterocycles. The van der Waals surface area contributed by atoms with Gasteiger partial charge < -0.3 is 5.73 Å². The Balaban J connectivity index is 1.79. The quantitative estimate of drug-likeness (QED) is 0.513. The second kappa shape index (κ2) is 7.49. The molecule has 0 unspecified atom stereocenters. The van der Waals surface area contributed by atoms with E-state index in [9.17, 15) is 18.8 Å². The van der Waals surface area contributed by atoms with E-state index in [4.69, 9.17) is 5.73 Å². The Morgan fingerprint density at radius 1 is 1.22 bits per heavy atom. The molecule has 3 aromatic rings. The summed E-state index contributed by atoms with van der Waals surface area (Å²) < 4.78 is 15.6. The number of Topliss-reactive ketones (excluding diaryl/α,β-unsaturated/α-hetero) is 1. The van der Waals surface area contributed by atoms with Crippen LogP contribution >= 0.6 is 23.1 Å². The molecule has 0 aliphatic heterocycles. The number of anilines is 1. The number of ketones is 1. The molecule has 0 aliphatic carbocycles. The first-order valence-electron chi connectivity index (χ1n) is 7.72. The van der Waals surface area contributed by atoms with Crippen LogP contribution in [0.5, 0.6) is 0 Å². The Morgan fingerprint density at radius 3 is 2.56 bits per heavy atom. The molecule has 10 heteroatoms. The highest BCUT2D eigenvalue weighted by Crippen LogP contribution is 2.28. The number of nitrogens with zero attached hydrogens (tertiary/aromatic N) is 3. The summed E-state index contributed by atoms with van der Waals surface area (Å²) in [5.41, 5.74) is 5.72. The van der Waals surface area contributed by atoms with Crippen molar-refractivity contribution in [3.8, 4) is 11.3 Å². The summed E-state index contributed by atoms with van der Waals surface area (Å²) in [4.78, 5) is 41.0. The van der Waals surface area contributed by atoms with E-state index in [1.165, 1.54) is 49.3 Å². The number of thiazole rings is 1. The molecule has 0 saturated carbocycles. The van der Waals surface area contributed by atoms with Crippen LogP contribution in [0.4, 0.5) is 10.2 Å². The zero-order valence-corrected chi connectivity index (χ0v) is 16.1. The SMILES string of the molecule is Cn1c(N)c(C(=O)CSc2nc(-c3ccc(F)cc3)cs2)c(=O)n(C)c1=O. The maximum Gasteiger partial charge on any atom is 0.332 e. The number of carbonyl (C=O) groups excluding carboxylic acids is 1. The summed E-state index contributed by atoms with van der Waals surface area (Å²) in [6.07, 6.45) is 0. The Morgan fingerprint density at radius 2 is 1.89 bits per heavy atom. The molecule has 27 heavy (non-hydrogen) atoms. The molecular weight excluding hydrogens is 391 g/mol. The van der Waals surface area contributed by atoms with Crippen molar-refractivity contribution in [3.05, 3.63) is 61.9 Å². The zero-order chi connectivity index (χ0) is 19.7. The van der Waals surface area contributed by atoms with Gasteiger partial charge in [0.05, 0.1) is 11.4 Å². The van der Waals surface area contributed by atoms with E-state index in [1.54, 1.807) is 17.5 Å². The van der Waals surface area contributed by atoms with Crippen LogP contribution in [-0.2, 0) is 14.1 Å². The lowest BCUT2D eigenvalue weighted by atomic mass is 10.2. The van der Waals surface area contributed by atoms with E-state index < -0.39 is 17.0 Å². The Labute approximate surface area is 161 Å². The largest absolute Gasteiger partial charge is 0.384 e. The maximum absolute atomic E-state index is 13.0. The molecule has 0 radical (unpaired) electrons. The van der Waals surface area contributed by atoms with Gasteiger partial charge in [0.15, 0.2) is 10.1 Å². The number of hydrogen-bond donors (Lipinski definition) is 1. The number of thioether (sulfide) groups is 1. The molecule has 7 nitrogen and oxygen atoms in total. The van der Waals surface area contributed by atoms with Crippen molar-refractivity contribution in [1.82, 2.24) is 14.1 Å². The van der Waals surface area contributed by atoms with E-state index in [0.717, 1.165) is 14.7 Å². The predicted octanol–water partition coefficient (Wildman–Crippen LogP) is 1.90. The van der Waals surface area contributed by atoms with Crippen molar-refractivity contribution in [3.63, 3.8) is 0 Å². The van der Waals surface area contributed by atoms with Gasteiger partial charge in [-0.15, -0.1) is 11.3 Å². The molecule has 2 N–H and O–H groups in total. The summed E-state index contributed by atoms with van der Waals surface area (Å²) in [7, 11) is 2.70. The van der Waals surface area contributed by atoms with Gasteiger partial charge in [-0.3, -0.25) is 18.7 Å². The Kier molecular flexibility index (Phi) is 5.29. The third-order valence-corrected chi connectivity index (χ3v) is 5.96. The fourth-order valence-corrected chi connectivity index (χ4v) is 4.11. The number of aromatic nitrogens is 3. The van der Waals surface area contributed by atoms with Crippen molar-refractivity contribution < 1.29 is 9.18 Å². The topological polar surface area (TPSA) is 100.0 Å². The first-order valence-corrected chi connectivity index (χ1v) is 9.59. The third kappa shape index (κ3) is 3.71. The molecule has 0 spiro atoms. The van der Waals surface area contributed by atoms with Crippen molar-refractivity contribution in [2.24, 2.45) is 14.1 Å². The van der Waals surface area contributed by atoms with Crippen molar-refractivity contribution >= 4 is 34.7 Å². The van der Waals surface area contributed by atoms with Crippen LogP contribution in [0.2, 0.25) is 0 Å². The van der Waals surface area contributed by atoms with Crippen LogP contribution in [0.1, 0.15) is 10.4 Å². The van der Waals surface area contributed by atoms with Crippen LogP contribution in [0.3, 0.4) is 0 Å². The molecule has 0 aliphatic rings. The van der Waals surface area contributed by atoms with Crippen molar-refractivity contribution in [2.45, 2.75) is 4.34 Å². The molecule has 2 heterocycles. The van der Waals surface area contributed by atoms with Gasteiger partial charge in [-0.05, 0) is 24.3 Å². The number of halogens is 1. The van der Waals surface area contributed by atoms with Gasteiger partial charge in [-0.25, -0.2) is 14.2 Å². The molecule has 1 aromatic carbocycles. The molecule has 0 fully saturated rings. The molecule has 0 bridgehead atoms. The third-order valence-electron chi connectivity index (χ3n) is 3.94. The van der Waals surface area contributed by atoms with Gasteiger partial charge in [0.2, 0.25) is 0 Å².